The maximum absolute atomic E-state index is 12.9. The highest BCUT2D eigenvalue weighted by Gasteiger charge is 2.35. The summed E-state index contributed by atoms with van der Waals surface area (Å²) in [6.07, 6.45) is 1.52. The van der Waals surface area contributed by atoms with Crippen LogP contribution >= 0.6 is 0 Å². The van der Waals surface area contributed by atoms with Gasteiger partial charge >= 0.3 is 5.97 Å². The summed E-state index contributed by atoms with van der Waals surface area (Å²) in [5, 5.41) is 0.691. The van der Waals surface area contributed by atoms with Crippen LogP contribution in [0.25, 0.3) is 10.9 Å². The molecule has 1 aromatic heterocycles. The molecule has 1 saturated heterocycles. The second-order valence-electron chi connectivity index (χ2n) is 7.94. The number of benzene rings is 1. The molecule has 29 heavy (non-hydrogen) atoms. The van der Waals surface area contributed by atoms with Crippen molar-refractivity contribution in [2.24, 2.45) is 0 Å². The number of pyridine rings is 1. The zero-order valence-electron chi connectivity index (χ0n) is 16.5. The van der Waals surface area contributed by atoms with Crippen LogP contribution in [0.15, 0.2) is 30.3 Å². The van der Waals surface area contributed by atoms with Crippen molar-refractivity contribution in [2.75, 3.05) is 18.6 Å². The largest absolute Gasteiger partial charge is 0.449 e. The number of sulfone groups is 1. The molecule has 4 rings (SSSR count). The maximum Gasteiger partial charge on any atom is 0.339 e. The summed E-state index contributed by atoms with van der Waals surface area (Å²) >= 11 is 0. The fourth-order valence-corrected chi connectivity index (χ4v) is 5.55. The Balaban J connectivity index is 1.52. The van der Waals surface area contributed by atoms with Crippen LogP contribution in [-0.2, 0) is 19.4 Å². The monoisotopic (exact) mass is 416 g/mol. The number of aromatic nitrogens is 1. The quantitative estimate of drug-likeness (QED) is 0.695. The lowest BCUT2D eigenvalue weighted by Crippen LogP contribution is -2.44. The normalized spacial score (nSPS) is 21.7. The molecular formula is C21H24N2O5S. The van der Waals surface area contributed by atoms with Gasteiger partial charge in [0.25, 0.3) is 5.91 Å². The smallest absolute Gasteiger partial charge is 0.339 e. The second kappa shape index (κ2) is 7.40. The topological polar surface area (TPSA) is 93.6 Å². The molecule has 1 aromatic carbocycles. The summed E-state index contributed by atoms with van der Waals surface area (Å²) in [5.41, 5.74) is 2.02. The SMILES string of the molecule is C[C@H](OC(=O)c1cc(C2CC2)nc2ccccc12)C(=O)N(C)[C@@H]1CCS(=O)(=O)C1. The number of carbonyl (C=O) groups is 2. The Kier molecular flexibility index (Phi) is 5.06. The highest BCUT2D eigenvalue weighted by atomic mass is 32.2. The van der Waals surface area contributed by atoms with E-state index in [2.05, 4.69) is 4.98 Å². The molecule has 0 unspecified atom stereocenters. The van der Waals surface area contributed by atoms with Gasteiger partial charge in [0.05, 0.1) is 22.6 Å². The number of carbonyl (C=O) groups excluding carboxylic acids is 2. The molecule has 0 N–H and O–H groups in total. The van der Waals surface area contributed by atoms with Gasteiger partial charge in [0.1, 0.15) is 0 Å². The molecule has 0 bridgehead atoms. The molecule has 154 valence electrons. The number of hydrogen-bond acceptors (Lipinski definition) is 6. The summed E-state index contributed by atoms with van der Waals surface area (Å²) in [7, 11) is -1.54. The number of amides is 1. The van der Waals surface area contributed by atoms with E-state index >= 15 is 0 Å². The number of fused-ring (bicyclic) bond motifs is 1. The van der Waals surface area contributed by atoms with Crippen LogP contribution in [0.5, 0.6) is 0 Å². The van der Waals surface area contributed by atoms with E-state index in [0.29, 0.717) is 23.3 Å². The number of likely N-dealkylation sites (N-methyl/N-ethyl adjacent to an activating group) is 1. The average molecular weight is 416 g/mol. The fraction of sp³-hybridized carbons (Fsp3) is 0.476. The first-order valence-corrected chi connectivity index (χ1v) is 11.6. The van der Waals surface area contributed by atoms with Gasteiger partial charge in [0, 0.05) is 30.1 Å². The van der Waals surface area contributed by atoms with Gasteiger partial charge in [-0.1, -0.05) is 18.2 Å². The van der Waals surface area contributed by atoms with Crippen LogP contribution in [0.1, 0.15) is 48.2 Å². The molecule has 0 radical (unpaired) electrons. The van der Waals surface area contributed by atoms with Crippen molar-refractivity contribution >= 4 is 32.6 Å². The number of hydrogen-bond donors (Lipinski definition) is 0. The number of nitrogens with zero attached hydrogens (tertiary/aromatic N) is 2. The standard InChI is InChI=1S/C21H24N2O5S/c1-13(20(24)23(2)15-9-10-29(26,27)12-15)28-21(25)17-11-19(14-7-8-14)22-18-6-4-3-5-16(17)18/h3-6,11,13-15H,7-10,12H2,1-2H3/t13-,15+/m0/s1. The summed E-state index contributed by atoms with van der Waals surface area (Å²) in [6, 6.07) is 8.78. The minimum Gasteiger partial charge on any atom is -0.449 e. The first-order chi connectivity index (χ1) is 13.7. The van der Waals surface area contributed by atoms with Crippen molar-refractivity contribution < 1.29 is 22.7 Å². The number of ether oxygens (including phenoxy) is 1. The van der Waals surface area contributed by atoms with E-state index in [1.807, 2.05) is 24.3 Å². The van der Waals surface area contributed by atoms with Crippen LogP contribution in [0.4, 0.5) is 0 Å². The van der Waals surface area contributed by atoms with E-state index < -0.39 is 27.8 Å². The summed E-state index contributed by atoms with van der Waals surface area (Å²) in [5.74, 6) is -0.563. The Morgan fingerprint density at radius 2 is 1.93 bits per heavy atom. The van der Waals surface area contributed by atoms with Crippen LogP contribution in [0.2, 0.25) is 0 Å². The Hall–Kier alpha value is -2.48. The van der Waals surface area contributed by atoms with E-state index in [9.17, 15) is 18.0 Å². The predicted molar refractivity (Wildman–Crippen MR) is 108 cm³/mol. The van der Waals surface area contributed by atoms with Crippen molar-refractivity contribution in [3.05, 3.63) is 41.6 Å². The van der Waals surface area contributed by atoms with Crippen LogP contribution in [-0.4, -0.2) is 60.9 Å². The van der Waals surface area contributed by atoms with Gasteiger partial charge in [0.2, 0.25) is 0 Å². The summed E-state index contributed by atoms with van der Waals surface area (Å²) in [6.45, 7) is 1.52. The number of esters is 1. The Morgan fingerprint density at radius 1 is 1.21 bits per heavy atom. The van der Waals surface area contributed by atoms with E-state index in [1.165, 1.54) is 11.8 Å². The highest BCUT2D eigenvalue weighted by Crippen LogP contribution is 2.40. The molecule has 2 atom stereocenters. The van der Waals surface area contributed by atoms with Gasteiger partial charge in [-0.15, -0.1) is 0 Å². The second-order valence-corrected chi connectivity index (χ2v) is 10.2. The molecular weight excluding hydrogens is 392 g/mol. The van der Waals surface area contributed by atoms with Crippen molar-refractivity contribution in [1.82, 2.24) is 9.88 Å². The molecule has 2 aliphatic rings. The lowest BCUT2D eigenvalue weighted by molar-refractivity contribution is -0.140. The molecule has 7 nitrogen and oxygen atoms in total. The zero-order valence-corrected chi connectivity index (χ0v) is 17.3. The third kappa shape index (κ3) is 4.12. The average Bonchev–Trinajstić information content (AvgIpc) is 3.48. The van der Waals surface area contributed by atoms with E-state index in [-0.39, 0.29) is 17.5 Å². The minimum absolute atomic E-state index is 0.0460. The molecule has 1 saturated carbocycles. The van der Waals surface area contributed by atoms with Crippen LogP contribution < -0.4 is 0 Å². The summed E-state index contributed by atoms with van der Waals surface area (Å²) < 4.78 is 28.9. The van der Waals surface area contributed by atoms with E-state index in [1.54, 1.807) is 13.1 Å². The van der Waals surface area contributed by atoms with Crippen molar-refractivity contribution in [3.63, 3.8) is 0 Å². The third-order valence-corrected chi connectivity index (χ3v) is 7.44. The Morgan fingerprint density at radius 3 is 2.59 bits per heavy atom. The fourth-order valence-electron chi connectivity index (χ4n) is 3.78. The van der Waals surface area contributed by atoms with Crippen molar-refractivity contribution in [1.29, 1.82) is 0 Å². The van der Waals surface area contributed by atoms with Gasteiger partial charge in [-0.25, -0.2) is 13.2 Å². The molecule has 1 amide bonds. The zero-order chi connectivity index (χ0) is 20.8. The van der Waals surface area contributed by atoms with Gasteiger partial charge in [-0.2, -0.15) is 0 Å². The summed E-state index contributed by atoms with van der Waals surface area (Å²) in [4.78, 5) is 31.6. The predicted octanol–water partition coefficient (Wildman–Crippen LogP) is 2.30. The van der Waals surface area contributed by atoms with Crippen molar-refractivity contribution in [3.8, 4) is 0 Å². The molecule has 2 fully saturated rings. The Labute approximate surface area is 170 Å². The molecule has 2 heterocycles. The molecule has 1 aliphatic carbocycles. The van der Waals surface area contributed by atoms with E-state index in [4.69, 9.17) is 4.74 Å². The van der Waals surface area contributed by atoms with Gasteiger partial charge in [-0.05, 0) is 38.3 Å². The molecule has 2 aromatic rings. The first-order valence-electron chi connectivity index (χ1n) is 9.83. The Bertz CT molecular complexity index is 1080. The minimum atomic E-state index is -3.11. The highest BCUT2D eigenvalue weighted by molar-refractivity contribution is 7.91. The van der Waals surface area contributed by atoms with Crippen LogP contribution in [0, 0.1) is 0 Å². The lowest BCUT2D eigenvalue weighted by atomic mass is 10.1. The molecule has 8 heteroatoms. The molecule has 0 spiro atoms. The number of para-hydroxylation sites is 1. The van der Waals surface area contributed by atoms with Gasteiger partial charge in [-0.3, -0.25) is 9.78 Å². The van der Waals surface area contributed by atoms with Crippen LogP contribution in [0.3, 0.4) is 0 Å². The van der Waals surface area contributed by atoms with Crippen molar-refractivity contribution in [2.45, 2.75) is 44.2 Å². The van der Waals surface area contributed by atoms with E-state index in [0.717, 1.165) is 24.1 Å². The van der Waals surface area contributed by atoms with Gasteiger partial charge in [0.15, 0.2) is 15.9 Å². The van der Waals surface area contributed by atoms with Gasteiger partial charge < -0.3 is 9.64 Å². The number of rotatable bonds is 5. The first kappa shape index (κ1) is 19.8. The molecule has 1 aliphatic heterocycles. The third-order valence-electron chi connectivity index (χ3n) is 5.69. The lowest BCUT2D eigenvalue weighted by Gasteiger charge is -2.26. The maximum atomic E-state index is 12.9.